The fourth-order valence-electron chi connectivity index (χ4n) is 2.11. The molecule has 1 fully saturated rings. The lowest BCUT2D eigenvalue weighted by Gasteiger charge is -2.27. The molecular formula is C14H18N2O3. The molecule has 1 aliphatic heterocycles. The third-order valence-corrected chi connectivity index (χ3v) is 3.18. The zero-order valence-electron chi connectivity index (χ0n) is 11.0. The second kappa shape index (κ2) is 6.22. The van der Waals surface area contributed by atoms with Gasteiger partial charge in [0.15, 0.2) is 0 Å². The van der Waals surface area contributed by atoms with Gasteiger partial charge in [0, 0.05) is 31.5 Å². The first kappa shape index (κ1) is 13.4. The van der Waals surface area contributed by atoms with E-state index < -0.39 is 0 Å². The molecule has 5 nitrogen and oxygen atoms in total. The molecule has 0 unspecified atom stereocenters. The van der Waals surface area contributed by atoms with Crippen molar-refractivity contribution in [2.24, 2.45) is 5.16 Å². The third kappa shape index (κ3) is 3.24. The van der Waals surface area contributed by atoms with Gasteiger partial charge in [-0.2, -0.15) is 0 Å². The lowest BCUT2D eigenvalue weighted by molar-refractivity contribution is 0.0753. The van der Waals surface area contributed by atoms with Gasteiger partial charge in [0.2, 0.25) is 0 Å². The number of ether oxygens (including phenoxy) is 1. The van der Waals surface area contributed by atoms with E-state index in [0.717, 1.165) is 11.5 Å². The number of hydrogen-bond donors (Lipinski definition) is 1. The van der Waals surface area contributed by atoms with Crippen LogP contribution in [0.1, 0.15) is 30.1 Å². The van der Waals surface area contributed by atoms with E-state index in [1.165, 1.54) is 0 Å². The zero-order chi connectivity index (χ0) is 13.7. The van der Waals surface area contributed by atoms with Crippen LogP contribution in [0.25, 0.3) is 0 Å². The Morgan fingerprint density at radius 2 is 1.95 bits per heavy atom. The molecule has 0 aliphatic carbocycles. The van der Waals surface area contributed by atoms with Gasteiger partial charge in [0.1, 0.15) is 5.75 Å². The maximum absolute atomic E-state index is 12.2. The van der Waals surface area contributed by atoms with Crippen LogP contribution in [0.2, 0.25) is 0 Å². The van der Waals surface area contributed by atoms with Crippen LogP contribution in [0.4, 0.5) is 0 Å². The normalized spacial score (nSPS) is 15.2. The summed E-state index contributed by atoms with van der Waals surface area (Å²) in [7, 11) is 0. The number of likely N-dealkylation sites (tertiary alicyclic amines) is 1. The molecule has 0 aromatic heterocycles. The minimum atomic E-state index is 0.0139. The van der Waals surface area contributed by atoms with Gasteiger partial charge in [0.25, 0.3) is 5.91 Å². The van der Waals surface area contributed by atoms with Crippen molar-refractivity contribution >= 4 is 11.6 Å². The van der Waals surface area contributed by atoms with Crippen molar-refractivity contribution in [2.45, 2.75) is 19.8 Å². The van der Waals surface area contributed by atoms with Crippen LogP contribution in [0.5, 0.6) is 5.75 Å². The number of piperidine rings is 1. The van der Waals surface area contributed by atoms with Crippen LogP contribution in [0, 0.1) is 0 Å². The Balaban J connectivity index is 2.00. The molecule has 19 heavy (non-hydrogen) atoms. The van der Waals surface area contributed by atoms with Crippen LogP contribution in [-0.4, -0.2) is 41.4 Å². The van der Waals surface area contributed by atoms with Gasteiger partial charge in [0.05, 0.1) is 12.3 Å². The zero-order valence-corrected chi connectivity index (χ0v) is 11.0. The fraction of sp³-hybridized carbons (Fsp3) is 0.429. The Kier molecular flexibility index (Phi) is 4.39. The summed E-state index contributed by atoms with van der Waals surface area (Å²) in [6, 6.07) is 7.18. The molecule has 0 spiro atoms. The molecule has 0 bridgehead atoms. The number of oxime groups is 1. The molecule has 2 rings (SSSR count). The van der Waals surface area contributed by atoms with Gasteiger partial charge in [-0.05, 0) is 31.2 Å². The summed E-state index contributed by atoms with van der Waals surface area (Å²) in [4.78, 5) is 14.0. The van der Waals surface area contributed by atoms with Gasteiger partial charge in [-0.15, -0.1) is 0 Å². The molecule has 0 saturated carbocycles. The Morgan fingerprint density at radius 3 is 2.47 bits per heavy atom. The summed E-state index contributed by atoms with van der Waals surface area (Å²) < 4.78 is 5.35. The van der Waals surface area contributed by atoms with Crippen molar-refractivity contribution in [1.82, 2.24) is 4.90 Å². The molecular weight excluding hydrogens is 244 g/mol. The van der Waals surface area contributed by atoms with E-state index >= 15 is 0 Å². The first-order chi connectivity index (χ1) is 9.24. The lowest BCUT2D eigenvalue weighted by Crippen LogP contribution is -2.38. The van der Waals surface area contributed by atoms with Crippen LogP contribution < -0.4 is 4.74 Å². The maximum Gasteiger partial charge on any atom is 0.253 e. The Hall–Kier alpha value is -2.04. The molecule has 1 saturated heterocycles. The number of carbonyl (C=O) groups is 1. The molecule has 1 aliphatic rings. The molecule has 5 heteroatoms. The lowest BCUT2D eigenvalue weighted by atomic mass is 10.1. The van der Waals surface area contributed by atoms with Crippen molar-refractivity contribution in [3.05, 3.63) is 29.8 Å². The minimum Gasteiger partial charge on any atom is -0.494 e. The molecule has 0 radical (unpaired) electrons. The van der Waals surface area contributed by atoms with E-state index in [2.05, 4.69) is 5.16 Å². The standard InChI is InChI=1S/C14H18N2O3/c1-2-19-13-5-3-11(4-6-13)14(17)16-9-7-12(15-18)8-10-16/h3-6,18H,2,7-10H2,1H3. The fourth-order valence-corrected chi connectivity index (χ4v) is 2.11. The third-order valence-electron chi connectivity index (χ3n) is 3.18. The highest BCUT2D eigenvalue weighted by Gasteiger charge is 2.21. The summed E-state index contributed by atoms with van der Waals surface area (Å²) in [6.45, 7) is 3.74. The summed E-state index contributed by atoms with van der Waals surface area (Å²) in [5.74, 6) is 0.785. The molecule has 1 amide bonds. The molecule has 1 aromatic rings. The number of nitrogens with zero attached hydrogens (tertiary/aromatic N) is 2. The summed E-state index contributed by atoms with van der Waals surface area (Å²) in [6.07, 6.45) is 1.28. The largest absolute Gasteiger partial charge is 0.494 e. The Morgan fingerprint density at radius 1 is 1.32 bits per heavy atom. The summed E-state index contributed by atoms with van der Waals surface area (Å²) in [5, 5.41) is 11.9. The number of amides is 1. The highest BCUT2D eigenvalue weighted by Crippen LogP contribution is 2.16. The molecule has 1 N–H and O–H groups in total. The molecule has 0 atom stereocenters. The first-order valence-electron chi connectivity index (χ1n) is 6.46. The van der Waals surface area contributed by atoms with E-state index in [-0.39, 0.29) is 5.91 Å². The number of benzene rings is 1. The quantitative estimate of drug-likeness (QED) is 0.670. The van der Waals surface area contributed by atoms with E-state index in [0.29, 0.717) is 38.1 Å². The minimum absolute atomic E-state index is 0.0139. The second-order valence-corrected chi connectivity index (χ2v) is 4.42. The van der Waals surface area contributed by atoms with Crippen molar-refractivity contribution in [2.75, 3.05) is 19.7 Å². The maximum atomic E-state index is 12.2. The van der Waals surface area contributed by atoms with Crippen LogP contribution >= 0.6 is 0 Å². The SMILES string of the molecule is CCOc1ccc(C(=O)N2CCC(=NO)CC2)cc1. The molecule has 1 aromatic carbocycles. The van der Waals surface area contributed by atoms with Crippen LogP contribution in [0.3, 0.4) is 0 Å². The van der Waals surface area contributed by atoms with Gasteiger partial charge >= 0.3 is 0 Å². The Labute approximate surface area is 112 Å². The predicted molar refractivity (Wildman–Crippen MR) is 72.0 cm³/mol. The average Bonchev–Trinajstić information content (AvgIpc) is 2.48. The van der Waals surface area contributed by atoms with E-state index in [1.54, 1.807) is 29.2 Å². The second-order valence-electron chi connectivity index (χ2n) is 4.42. The van der Waals surface area contributed by atoms with Gasteiger partial charge in [-0.3, -0.25) is 4.79 Å². The van der Waals surface area contributed by atoms with Crippen LogP contribution in [-0.2, 0) is 0 Å². The smallest absolute Gasteiger partial charge is 0.253 e. The van der Waals surface area contributed by atoms with Crippen molar-refractivity contribution in [1.29, 1.82) is 0 Å². The van der Waals surface area contributed by atoms with Gasteiger partial charge in [-0.1, -0.05) is 5.16 Å². The van der Waals surface area contributed by atoms with Crippen molar-refractivity contribution in [3.8, 4) is 5.75 Å². The molecule has 1 heterocycles. The monoisotopic (exact) mass is 262 g/mol. The summed E-state index contributed by atoms with van der Waals surface area (Å²) in [5.41, 5.74) is 1.42. The van der Waals surface area contributed by atoms with Gasteiger partial charge in [-0.25, -0.2) is 0 Å². The van der Waals surface area contributed by atoms with Gasteiger partial charge < -0.3 is 14.8 Å². The number of carbonyl (C=O) groups excluding carboxylic acids is 1. The number of rotatable bonds is 3. The first-order valence-corrected chi connectivity index (χ1v) is 6.46. The van der Waals surface area contributed by atoms with Crippen molar-refractivity contribution < 1.29 is 14.7 Å². The average molecular weight is 262 g/mol. The van der Waals surface area contributed by atoms with Crippen molar-refractivity contribution in [3.63, 3.8) is 0 Å². The highest BCUT2D eigenvalue weighted by molar-refractivity contribution is 5.96. The predicted octanol–water partition coefficient (Wildman–Crippen LogP) is 2.15. The van der Waals surface area contributed by atoms with E-state index in [9.17, 15) is 4.79 Å². The topological polar surface area (TPSA) is 62.1 Å². The summed E-state index contributed by atoms with van der Waals surface area (Å²) >= 11 is 0. The molecule has 102 valence electrons. The van der Waals surface area contributed by atoms with E-state index in [1.807, 2.05) is 6.92 Å². The van der Waals surface area contributed by atoms with Crippen LogP contribution in [0.15, 0.2) is 29.4 Å². The van der Waals surface area contributed by atoms with E-state index in [4.69, 9.17) is 9.94 Å². The Bertz CT molecular complexity index is 458. The number of hydrogen-bond acceptors (Lipinski definition) is 4. The highest BCUT2D eigenvalue weighted by atomic mass is 16.5.